The van der Waals surface area contributed by atoms with E-state index in [-0.39, 0.29) is 6.03 Å². The molecule has 0 aliphatic carbocycles. The van der Waals surface area contributed by atoms with Crippen LogP contribution in [0.5, 0.6) is 0 Å². The summed E-state index contributed by atoms with van der Waals surface area (Å²) in [7, 11) is 0. The van der Waals surface area contributed by atoms with Crippen molar-refractivity contribution >= 4 is 6.03 Å². The van der Waals surface area contributed by atoms with Crippen LogP contribution in [0.1, 0.15) is 79.1 Å². The maximum absolute atomic E-state index is 11.8. The lowest BCUT2D eigenvalue weighted by Gasteiger charge is -2.18. The number of carbonyl (C=O) groups excluding carboxylic acids is 1. The predicted octanol–water partition coefficient (Wildman–Crippen LogP) is 4.72. The highest BCUT2D eigenvalue weighted by molar-refractivity contribution is 5.73. The lowest BCUT2D eigenvalue weighted by atomic mass is 9.99. The summed E-state index contributed by atoms with van der Waals surface area (Å²) in [4.78, 5) is 11.8. The molecule has 0 radical (unpaired) electrons. The van der Waals surface area contributed by atoms with Crippen molar-refractivity contribution in [3.8, 4) is 0 Å². The van der Waals surface area contributed by atoms with Crippen molar-refractivity contribution in [1.82, 2.24) is 10.6 Å². The largest absolute Gasteiger partial charge is 0.338 e. The molecule has 0 saturated carbocycles. The van der Waals surface area contributed by atoms with Crippen molar-refractivity contribution in [3.05, 3.63) is 0 Å². The van der Waals surface area contributed by atoms with Crippen molar-refractivity contribution in [2.45, 2.75) is 79.1 Å². The molecule has 3 heteroatoms. The van der Waals surface area contributed by atoms with Gasteiger partial charge in [-0.2, -0.15) is 0 Å². The highest BCUT2D eigenvalue weighted by Gasteiger charge is 2.10. The van der Waals surface area contributed by atoms with E-state index in [0.29, 0.717) is 11.8 Å². The van der Waals surface area contributed by atoms with Gasteiger partial charge in [-0.15, -0.1) is 0 Å². The Morgan fingerprint density at radius 2 is 1.20 bits per heavy atom. The second-order valence-corrected chi connectivity index (χ2v) is 5.92. The zero-order valence-corrected chi connectivity index (χ0v) is 14.1. The van der Waals surface area contributed by atoms with E-state index >= 15 is 0 Å². The topological polar surface area (TPSA) is 41.1 Å². The van der Waals surface area contributed by atoms with E-state index in [2.05, 4.69) is 38.3 Å². The van der Waals surface area contributed by atoms with Crippen LogP contribution in [0.4, 0.5) is 4.79 Å². The van der Waals surface area contributed by atoms with Gasteiger partial charge in [0.05, 0.1) is 0 Å². The maximum Gasteiger partial charge on any atom is 0.314 e. The average Bonchev–Trinajstić information content (AvgIpc) is 2.47. The van der Waals surface area contributed by atoms with Crippen LogP contribution < -0.4 is 10.6 Å². The first kappa shape index (κ1) is 19.3. The summed E-state index contributed by atoms with van der Waals surface area (Å²) in [5.41, 5.74) is 0. The fourth-order valence-corrected chi connectivity index (χ4v) is 2.42. The number of hydrogen-bond donors (Lipinski definition) is 2. The van der Waals surface area contributed by atoms with Crippen LogP contribution in [0.25, 0.3) is 0 Å². The van der Waals surface area contributed by atoms with Crippen LogP contribution in [0.15, 0.2) is 0 Å². The second-order valence-electron chi connectivity index (χ2n) is 5.92. The minimum atomic E-state index is 0.00916. The van der Waals surface area contributed by atoms with Gasteiger partial charge >= 0.3 is 6.03 Å². The van der Waals surface area contributed by atoms with Gasteiger partial charge in [0.15, 0.2) is 0 Å². The standard InChI is InChI=1S/C17H36N2O/c1-5-9-11-15(7-3)13-18-17(20)19-14-16(8-4)12-10-6-2/h15-16H,5-14H2,1-4H3,(H2,18,19,20). The number of unbranched alkanes of at least 4 members (excludes halogenated alkanes) is 2. The second kappa shape index (κ2) is 13.3. The molecule has 0 spiro atoms. The molecule has 2 atom stereocenters. The Morgan fingerprint density at radius 3 is 1.50 bits per heavy atom. The van der Waals surface area contributed by atoms with E-state index < -0.39 is 0 Å². The van der Waals surface area contributed by atoms with Crippen LogP contribution in [0.2, 0.25) is 0 Å². The molecule has 0 heterocycles. The number of rotatable bonds is 12. The molecule has 2 amide bonds. The van der Waals surface area contributed by atoms with Crippen molar-refractivity contribution < 1.29 is 4.79 Å². The minimum Gasteiger partial charge on any atom is -0.338 e. The number of amides is 2. The molecule has 2 N–H and O–H groups in total. The molecule has 0 fully saturated rings. The van der Waals surface area contributed by atoms with Crippen molar-refractivity contribution in [1.29, 1.82) is 0 Å². The normalized spacial score (nSPS) is 13.8. The summed E-state index contributed by atoms with van der Waals surface area (Å²) >= 11 is 0. The van der Waals surface area contributed by atoms with Gasteiger partial charge in [-0.05, 0) is 24.7 Å². The SMILES string of the molecule is CCCCC(CC)CNC(=O)NCC(CC)CCCC. The molecule has 0 bridgehead atoms. The molecule has 0 aromatic heterocycles. The van der Waals surface area contributed by atoms with Gasteiger partial charge < -0.3 is 10.6 Å². The summed E-state index contributed by atoms with van der Waals surface area (Å²) < 4.78 is 0. The molecule has 0 saturated heterocycles. The van der Waals surface area contributed by atoms with E-state index in [1.807, 2.05) is 0 Å². The molecular weight excluding hydrogens is 248 g/mol. The first-order chi connectivity index (χ1) is 9.67. The molecule has 0 aromatic carbocycles. The van der Waals surface area contributed by atoms with E-state index in [4.69, 9.17) is 0 Å². The van der Waals surface area contributed by atoms with Gasteiger partial charge in [-0.1, -0.05) is 66.2 Å². The van der Waals surface area contributed by atoms with E-state index in [0.717, 1.165) is 25.9 Å². The van der Waals surface area contributed by atoms with Gasteiger partial charge in [0.25, 0.3) is 0 Å². The van der Waals surface area contributed by atoms with Crippen molar-refractivity contribution in [2.75, 3.05) is 13.1 Å². The van der Waals surface area contributed by atoms with E-state index in [9.17, 15) is 4.79 Å². The fraction of sp³-hybridized carbons (Fsp3) is 0.941. The zero-order chi connectivity index (χ0) is 15.2. The number of hydrogen-bond acceptors (Lipinski definition) is 1. The summed E-state index contributed by atoms with van der Waals surface area (Å²) in [6.45, 7) is 10.5. The highest BCUT2D eigenvalue weighted by atomic mass is 16.2. The Hall–Kier alpha value is -0.730. The minimum absolute atomic E-state index is 0.00916. The number of carbonyl (C=O) groups is 1. The van der Waals surface area contributed by atoms with Crippen molar-refractivity contribution in [2.24, 2.45) is 11.8 Å². The monoisotopic (exact) mass is 284 g/mol. The smallest absolute Gasteiger partial charge is 0.314 e. The molecular formula is C17H36N2O. The molecule has 0 aliphatic heterocycles. The highest BCUT2D eigenvalue weighted by Crippen LogP contribution is 2.12. The lowest BCUT2D eigenvalue weighted by molar-refractivity contribution is 0.235. The first-order valence-corrected chi connectivity index (χ1v) is 8.69. The van der Waals surface area contributed by atoms with Crippen LogP contribution >= 0.6 is 0 Å². The maximum atomic E-state index is 11.8. The van der Waals surface area contributed by atoms with Gasteiger partial charge in [0, 0.05) is 13.1 Å². The third kappa shape index (κ3) is 10.1. The first-order valence-electron chi connectivity index (χ1n) is 8.69. The number of urea groups is 1. The summed E-state index contributed by atoms with van der Waals surface area (Å²) in [5, 5.41) is 6.06. The van der Waals surface area contributed by atoms with Gasteiger partial charge in [-0.3, -0.25) is 0 Å². The number of nitrogens with one attached hydrogen (secondary N) is 2. The Morgan fingerprint density at radius 1 is 0.800 bits per heavy atom. The summed E-state index contributed by atoms with van der Waals surface area (Å²) in [5.74, 6) is 1.26. The lowest BCUT2D eigenvalue weighted by Crippen LogP contribution is -2.40. The Labute approximate surface area is 126 Å². The summed E-state index contributed by atoms with van der Waals surface area (Å²) in [6, 6.07) is 0.00916. The van der Waals surface area contributed by atoms with Gasteiger partial charge in [-0.25, -0.2) is 4.79 Å². The predicted molar refractivity (Wildman–Crippen MR) is 88.0 cm³/mol. The fourth-order valence-electron chi connectivity index (χ4n) is 2.42. The third-order valence-corrected chi connectivity index (χ3v) is 4.19. The van der Waals surface area contributed by atoms with E-state index in [1.54, 1.807) is 0 Å². The van der Waals surface area contributed by atoms with Crippen LogP contribution in [0, 0.1) is 11.8 Å². The molecule has 0 aliphatic rings. The van der Waals surface area contributed by atoms with E-state index in [1.165, 1.54) is 38.5 Å². The van der Waals surface area contributed by atoms with Gasteiger partial charge in [0.2, 0.25) is 0 Å². The zero-order valence-electron chi connectivity index (χ0n) is 14.1. The quantitative estimate of drug-likeness (QED) is 0.535. The third-order valence-electron chi connectivity index (χ3n) is 4.19. The molecule has 20 heavy (non-hydrogen) atoms. The van der Waals surface area contributed by atoms with Crippen LogP contribution in [-0.2, 0) is 0 Å². The molecule has 0 rings (SSSR count). The molecule has 120 valence electrons. The van der Waals surface area contributed by atoms with Crippen molar-refractivity contribution in [3.63, 3.8) is 0 Å². The summed E-state index contributed by atoms with van der Waals surface area (Å²) in [6.07, 6.45) is 9.73. The Bertz CT molecular complexity index is 209. The van der Waals surface area contributed by atoms with Gasteiger partial charge in [0.1, 0.15) is 0 Å². The molecule has 2 unspecified atom stereocenters. The Balaban J connectivity index is 3.80. The molecule has 3 nitrogen and oxygen atoms in total. The average molecular weight is 284 g/mol. The van der Waals surface area contributed by atoms with Crippen LogP contribution in [-0.4, -0.2) is 19.1 Å². The van der Waals surface area contributed by atoms with Crippen LogP contribution in [0.3, 0.4) is 0 Å². The Kier molecular flexibility index (Phi) is 12.8. The molecule has 0 aromatic rings.